The van der Waals surface area contributed by atoms with Gasteiger partial charge < -0.3 is 15.6 Å². The van der Waals surface area contributed by atoms with Crippen LogP contribution in [0.4, 0.5) is 0 Å². The Bertz CT molecular complexity index is 308. The molecule has 1 atom stereocenters. The Morgan fingerprint density at radius 2 is 2.08 bits per heavy atom. The molecule has 1 aromatic carbocycles. The van der Waals surface area contributed by atoms with Crippen molar-refractivity contribution in [1.82, 2.24) is 0 Å². The summed E-state index contributed by atoms with van der Waals surface area (Å²) in [5.74, 6) is 0.913. The maximum Gasteiger partial charge on any atom is 0.126 e. The Labute approximate surface area is 78.1 Å². The van der Waals surface area contributed by atoms with Crippen LogP contribution in [0.5, 0.6) is 11.5 Å². The Hall–Kier alpha value is -1.22. The van der Waals surface area contributed by atoms with Crippen LogP contribution in [0.1, 0.15) is 24.1 Å². The summed E-state index contributed by atoms with van der Waals surface area (Å²) in [5.41, 5.74) is 7.16. The van der Waals surface area contributed by atoms with Crippen molar-refractivity contribution in [3.05, 3.63) is 23.3 Å². The van der Waals surface area contributed by atoms with Crippen molar-refractivity contribution in [1.29, 1.82) is 0 Å². The maximum atomic E-state index is 9.72. The van der Waals surface area contributed by atoms with Crippen molar-refractivity contribution in [3.8, 4) is 11.5 Å². The number of ether oxygens (including phenoxy) is 1. The van der Waals surface area contributed by atoms with E-state index in [-0.39, 0.29) is 11.8 Å². The highest BCUT2D eigenvalue weighted by Crippen LogP contribution is 2.32. The number of aromatic hydroxyl groups is 1. The molecule has 1 aromatic rings. The Morgan fingerprint density at radius 3 is 2.54 bits per heavy atom. The van der Waals surface area contributed by atoms with Gasteiger partial charge in [-0.1, -0.05) is 6.07 Å². The molecule has 1 unspecified atom stereocenters. The second-order valence-electron chi connectivity index (χ2n) is 3.12. The quantitative estimate of drug-likeness (QED) is 0.730. The van der Waals surface area contributed by atoms with Crippen molar-refractivity contribution in [2.45, 2.75) is 19.9 Å². The van der Waals surface area contributed by atoms with Crippen LogP contribution in [0.25, 0.3) is 0 Å². The summed E-state index contributed by atoms with van der Waals surface area (Å²) >= 11 is 0. The number of rotatable bonds is 2. The fourth-order valence-corrected chi connectivity index (χ4v) is 1.29. The van der Waals surface area contributed by atoms with Gasteiger partial charge in [0, 0.05) is 17.2 Å². The number of hydrogen-bond acceptors (Lipinski definition) is 3. The van der Waals surface area contributed by atoms with Gasteiger partial charge in [-0.05, 0) is 19.9 Å². The summed E-state index contributed by atoms with van der Waals surface area (Å²) in [6, 6.07) is 3.43. The molecule has 0 saturated carbocycles. The van der Waals surface area contributed by atoms with Gasteiger partial charge in [0.05, 0.1) is 7.11 Å². The lowest BCUT2D eigenvalue weighted by molar-refractivity contribution is 0.400. The highest BCUT2D eigenvalue weighted by molar-refractivity contribution is 5.49. The van der Waals surface area contributed by atoms with Gasteiger partial charge >= 0.3 is 0 Å². The molecule has 0 amide bonds. The number of nitrogens with two attached hydrogens (primary N) is 1. The fraction of sp³-hybridized carbons (Fsp3) is 0.400. The summed E-state index contributed by atoms with van der Waals surface area (Å²) < 4.78 is 5.06. The molecule has 0 heterocycles. The average molecular weight is 181 g/mol. The van der Waals surface area contributed by atoms with Crippen molar-refractivity contribution in [2.75, 3.05) is 7.11 Å². The standard InChI is InChI=1S/C10H15NO2/c1-6-9(13-3)5-4-8(7(2)11)10(6)12/h4-5,7,12H,11H2,1-3H3. The molecule has 0 aliphatic carbocycles. The smallest absolute Gasteiger partial charge is 0.126 e. The molecular weight excluding hydrogens is 166 g/mol. The van der Waals surface area contributed by atoms with Gasteiger partial charge in [0.2, 0.25) is 0 Å². The van der Waals surface area contributed by atoms with E-state index in [1.807, 2.05) is 13.0 Å². The first-order valence-corrected chi connectivity index (χ1v) is 4.20. The first-order valence-electron chi connectivity index (χ1n) is 4.20. The zero-order chi connectivity index (χ0) is 10.0. The van der Waals surface area contributed by atoms with Gasteiger partial charge in [0.25, 0.3) is 0 Å². The largest absolute Gasteiger partial charge is 0.507 e. The van der Waals surface area contributed by atoms with Gasteiger partial charge in [-0.3, -0.25) is 0 Å². The van der Waals surface area contributed by atoms with Crippen molar-refractivity contribution < 1.29 is 9.84 Å². The lowest BCUT2D eigenvalue weighted by Crippen LogP contribution is -2.06. The third kappa shape index (κ3) is 1.75. The van der Waals surface area contributed by atoms with Crippen LogP contribution in [0.15, 0.2) is 12.1 Å². The minimum Gasteiger partial charge on any atom is -0.507 e. The van der Waals surface area contributed by atoms with E-state index in [4.69, 9.17) is 10.5 Å². The Morgan fingerprint density at radius 1 is 1.46 bits per heavy atom. The van der Waals surface area contributed by atoms with E-state index in [1.54, 1.807) is 20.1 Å². The molecule has 0 aromatic heterocycles. The summed E-state index contributed by atoms with van der Waals surface area (Å²) in [6.07, 6.45) is 0. The molecule has 3 N–H and O–H groups in total. The molecule has 0 saturated heterocycles. The zero-order valence-electron chi connectivity index (χ0n) is 8.16. The molecule has 1 rings (SSSR count). The molecule has 13 heavy (non-hydrogen) atoms. The van der Waals surface area contributed by atoms with E-state index in [9.17, 15) is 5.11 Å². The van der Waals surface area contributed by atoms with E-state index in [1.165, 1.54) is 0 Å². The highest BCUT2D eigenvalue weighted by Gasteiger charge is 2.11. The zero-order valence-corrected chi connectivity index (χ0v) is 8.16. The van der Waals surface area contributed by atoms with Crippen molar-refractivity contribution >= 4 is 0 Å². The number of phenols is 1. The van der Waals surface area contributed by atoms with Crippen LogP contribution < -0.4 is 10.5 Å². The van der Waals surface area contributed by atoms with E-state index in [2.05, 4.69) is 0 Å². The number of methoxy groups -OCH3 is 1. The topological polar surface area (TPSA) is 55.5 Å². The second kappa shape index (κ2) is 3.66. The average Bonchev–Trinajstić information content (AvgIpc) is 2.09. The molecule has 3 heteroatoms. The predicted molar refractivity (Wildman–Crippen MR) is 52.0 cm³/mol. The first-order chi connectivity index (χ1) is 6.07. The van der Waals surface area contributed by atoms with Gasteiger partial charge in [-0.2, -0.15) is 0 Å². The van der Waals surface area contributed by atoms with E-state index < -0.39 is 0 Å². The lowest BCUT2D eigenvalue weighted by Gasteiger charge is -2.13. The number of phenolic OH excluding ortho intramolecular Hbond substituents is 1. The molecule has 0 aliphatic rings. The van der Waals surface area contributed by atoms with Crippen LogP contribution in [-0.2, 0) is 0 Å². The minimum absolute atomic E-state index is 0.162. The maximum absolute atomic E-state index is 9.72. The van der Waals surface area contributed by atoms with E-state index >= 15 is 0 Å². The third-order valence-electron chi connectivity index (χ3n) is 2.12. The molecule has 72 valence electrons. The molecular formula is C10H15NO2. The monoisotopic (exact) mass is 181 g/mol. The highest BCUT2D eigenvalue weighted by atomic mass is 16.5. The van der Waals surface area contributed by atoms with Gasteiger partial charge in [-0.15, -0.1) is 0 Å². The molecule has 0 spiro atoms. The Balaban J connectivity index is 3.23. The van der Waals surface area contributed by atoms with E-state index in [0.717, 1.165) is 11.1 Å². The minimum atomic E-state index is -0.162. The molecule has 0 bridgehead atoms. The van der Waals surface area contributed by atoms with Crippen LogP contribution in [0.2, 0.25) is 0 Å². The van der Waals surface area contributed by atoms with Crippen LogP contribution in [0.3, 0.4) is 0 Å². The van der Waals surface area contributed by atoms with E-state index in [0.29, 0.717) is 5.75 Å². The van der Waals surface area contributed by atoms with Crippen LogP contribution in [-0.4, -0.2) is 12.2 Å². The molecule has 0 radical (unpaired) electrons. The normalized spacial score (nSPS) is 12.6. The van der Waals surface area contributed by atoms with Gasteiger partial charge in [0.15, 0.2) is 0 Å². The fourth-order valence-electron chi connectivity index (χ4n) is 1.29. The molecule has 0 aliphatic heterocycles. The van der Waals surface area contributed by atoms with Gasteiger partial charge in [-0.25, -0.2) is 0 Å². The lowest BCUT2D eigenvalue weighted by atomic mass is 10.0. The number of benzene rings is 1. The summed E-state index contributed by atoms with van der Waals surface area (Å²) in [6.45, 7) is 3.64. The van der Waals surface area contributed by atoms with Crippen molar-refractivity contribution in [2.24, 2.45) is 5.73 Å². The second-order valence-corrected chi connectivity index (χ2v) is 3.12. The molecule has 0 fully saturated rings. The van der Waals surface area contributed by atoms with Crippen molar-refractivity contribution in [3.63, 3.8) is 0 Å². The summed E-state index contributed by atoms with van der Waals surface area (Å²) in [7, 11) is 1.58. The molecule has 3 nitrogen and oxygen atoms in total. The number of hydrogen-bond donors (Lipinski definition) is 2. The third-order valence-corrected chi connectivity index (χ3v) is 2.12. The summed E-state index contributed by atoms with van der Waals surface area (Å²) in [5, 5.41) is 9.72. The van der Waals surface area contributed by atoms with Gasteiger partial charge in [0.1, 0.15) is 11.5 Å². The first kappa shape index (κ1) is 9.86. The van der Waals surface area contributed by atoms with Crippen LogP contribution in [0, 0.1) is 6.92 Å². The predicted octanol–water partition coefficient (Wildman–Crippen LogP) is 1.73. The SMILES string of the molecule is COc1ccc(C(C)N)c(O)c1C. The Kier molecular flexibility index (Phi) is 2.78. The summed E-state index contributed by atoms with van der Waals surface area (Å²) in [4.78, 5) is 0. The van der Waals surface area contributed by atoms with Crippen LogP contribution >= 0.6 is 0 Å².